The van der Waals surface area contributed by atoms with E-state index in [1.807, 2.05) is 49.4 Å². The van der Waals surface area contributed by atoms with Crippen LogP contribution in [-0.4, -0.2) is 29.8 Å². The van der Waals surface area contributed by atoms with Crippen molar-refractivity contribution in [2.45, 2.75) is 32.4 Å². The average molecular weight is 373 g/mol. The van der Waals surface area contributed by atoms with Crippen LogP contribution in [-0.2, 0) is 16.4 Å². The maximum atomic E-state index is 12.5. The van der Waals surface area contributed by atoms with Crippen LogP contribution in [0.4, 0.5) is 0 Å². The van der Waals surface area contributed by atoms with Gasteiger partial charge in [0.2, 0.25) is 10.0 Å². The normalized spacial score (nSPS) is 12.2. The molecule has 0 aliphatic carbocycles. The number of aromatic amines is 1. The largest absolute Gasteiger partial charge is 0.331 e. The first kappa shape index (κ1) is 18.4. The number of nitrogens with one attached hydrogen (secondary N) is 2. The Bertz CT molecular complexity index is 1080. The van der Waals surface area contributed by atoms with Crippen molar-refractivity contribution in [3.05, 3.63) is 64.1 Å². The Labute approximate surface area is 152 Å². The Morgan fingerprint density at radius 3 is 2.46 bits per heavy atom. The molecule has 3 rings (SSSR count). The second kappa shape index (κ2) is 7.09. The van der Waals surface area contributed by atoms with Gasteiger partial charge in [-0.2, -0.15) is 0 Å². The third-order valence-electron chi connectivity index (χ3n) is 4.50. The lowest BCUT2D eigenvalue weighted by Gasteiger charge is -2.13. The lowest BCUT2D eigenvalue weighted by Crippen LogP contribution is -2.32. The SMILES string of the molecule is Cc1ccc2[nH]c(=O)n(-c3ccccc3)c2c1CCNS(=O)(=O)C(C)C. The Balaban J connectivity index is 2.05. The summed E-state index contributed by atoms with van der Waals surface area (Å²) in [5, 5.41) is -0.478. The molecule has 0 radical (unpaired) electrons. The zero-order valence-corrected chi connectivity index (χ0v) is 15.9. The van der Waals surface area contributed by atoms with Crippen LogP contribution in [0.1, 0.15) is 25.0 Å². The molecule has 138 valence electrons. The van der Waals surface area contributed by atoms with Gasteiger partial charge in [-0.05, 0) is 56.5 Å². The lowest BCUT2D eigenvalue weighted by atomic mass is 10.0. The fourth-order valence-corrected chi connectivity index (χ4v) is 3.71. The molecule has 1 aromatic heterocycles. The molecular formula is C19H23N3O3S. The number of hydrogen-bond acceptors (Lipinski definition) is 3. The molecule has 0 saturated heterocycles. The van der Waals surface area contributed by atoms with Crippen molar-refractivity contribution in [2.24, 2.45) is 0 Å². The van der Waals surface area contributed by atoms with E-state index in [-0.39, 0.29) is 12.2 Å². The number of para-hydroxylation sites is 1. The second-order valence-electron chi connectivity index (χ2n) is 6.60. The molecule has 0 atom stereocenters. The van der Waals surface area contributed by atoms with Crippen LogP contribution >= 0.6 is 0 Å². The molecule has 26 heavy (non-hydrogen) atoms. The summed E-state index contributed by atoms with van der Waals surface area (Å²) in [4.78, 5) is 15.4. The highest BCUT2D eigenvalue weighted by Gasteiger charge is 2.17. The van der Waals surface area contributed by atoms with E-state index in [2.05, 4.69) is 9.71 Å². The summed E-state index contributed by atoms with van der Waals surface area (Å²) in [6.07, 6.45) is 0.499. The van der Waals surface area contributed by atoms with E-state index in [0.29, 0.717) is 6.42 Å². The van der Waals surface area contributed by atoms with Crippen LogP contribution in [0.15, 0.2) is 47.3 Å². The first-order valence-corrected chi connectivity index (χ1v) is 10.1. The van der Waals surface area contributed by atoms with Gasteiger partial charge in [-0.3, -0.25) is 4.57 Å². The number of fused-ring (bicyclic) bond motifs is 1. The minimum atomic E-state index is -3.32. The van der Waals surface area contributed by atoms with E-state index in [0.717, 1.165) is 27.8 Å². The smallest absolute Gasteiger partial charge is 0.305 e. The summed E-state index contributed by atoms with van der Waals surface area (Å²) in [5.41, 5.74) is 4.08. The standard InChI is InChI=1S/C19H23N3O3S/c1-13(2)26(24,25)20-12-11-16-14(3)9-10-17-18(16)22(19(23)21-17)15-7-5-4-6-8-15/h4-10,13,20H,11-12H2,1-3H3,(H,21,23). The highest BCUT2D eigenvalue weighted by atomic mass is 32.2. The Hall–Kier alpha value is -2.38. The van der Waals surface area contributed by atoms with E-state index in [1.165, 1.54) is 0 Å². The van der Waals surface area contributed by atoms with Gasteiger partial charge in [0, 0.05) is 6.54 Å². The number of H-pyrrole nitrogens is 1. The molecule has 0 saturated carbocycles. The molecule has 0 bridgehead atoms. The second-order valence-corrected chi connectivity index (χ2v) is 8.92. The molecular weight excluding hydrogens is 350 g/mol. The van der Waals surface area contributed by atoms with Crippen LogP contribution in [0.25, 0.3) is 16.7 Å². The Kier molecular flexibility index (Phi) is 5.02. The van der Waals surface area contributed by atoms with Crippen LogP contribution < -0.4 is 10.4 Å². The van der Waals surface area contributed by atoms with Crippen molar-refractivity contribution in [3.8, 4) is 5.69 Å². The van der Waals surface area contributed by atoms with Gasteiger partial charge in [0.05, 0.1) is 22.0 Å². The first-order chi connectivity index (χ1) is 12.3. The van der Waals surface area contributed by atoms with Crippen molar-refractivity contribution >= 4 is 21.1 Å². The number of rotatable bonds is 6. The third-order valence-corrected chi connectivity index (χ3v) is 6.35. The van der Waals surface area contributed by atoms with Crippen molar-refractivity contribution in [1.29, 1.82) is 0 Å². The van der Waals surface area contributed by atoms with Crippen molar-refractivity contribution in [1.82, 2.24) is 14.3 Å². The number of hydrogen-bond donors (Lipinski definition) is 2. The van der Waals surface area contributed by atoms with Gasteiger partial charge in [-0.15, -0.1) is 0 Å². The molecule has 7 heteroatoms. The summed E-state index contributed by atoms with van der Waals surface area (Å²) >= 11 is 0. The van der Waals surface area contributed by atoms with Gasteiger partial charge in [0.15, 0.2) is 0 Å². The van der Waals surface area contributed by atoms with E-state index in [4.69, 9.17) is 0 Å². The van der Waals surface area contributed by atoms with E-state index in [9.17, 15) is 13.2 Å². The topological polar surface area (TPSA) is 84.0 Å². The zero-order chi connectivity index (χ0) is 18.9. The molecule has 0 spiro atoms. The minimum absolute atomic E-state index is 0.208. The predicted octanol–water partition coefficient (Wildman–Crippen LogP) is 2.50. The van der Waals surface area contributed by atoms with E-state index < -0.39 is 15.3 Å². The van der Waals surface area contributed by atoms with Crippen molar-refractivity contribution in [3.63, 3.8) is 0 Å². The van der Waals surface area contributed by atoms with Gasteiger partial charge in [0.1, 0.15) is 0 Å². The van der Waals surface area contributed by atoms with Gasteiger partial charge in [-0.25, -0.2) is 17.9 Å². The molecule has 0 aliphatic rings. The molecule has 3 aromatic rings. The predicted molar refractivity (Wildman–Crippen MR) is 104 cm³/mol. The first-order valence-electron chi connectivity index (χ1n) is 8.58. The summed E-state index contributed by atoms with van der Waals surface area (Å²) in [7, 11) is -3.32. The van der Waals surface area contributed by atoms with E-state index in [1.54, 1.807) is 18.4 Å². The number of sulfonamides is 1. The Morgan fingerprint density at radius 1 is 1.12 bits per heavy atom. The molecule has 0 aliphatic heterocycles. The van der Waals surface area contributed by atoms with Crippen LogP contribution in [0.5, 0.6) is 0 Å². The molecule has 1 heterocycles. The molecule has 2 aromatic carbocycles. The third kappa shape index (κ3) is 3.45. The monoisotopic (exact) mass is 373 g/mol. The molecule has 2 N–H and O–H groups in total. The van der Waals surface area contributed by atoms with Gasteiger partial charge in [0.25, 0.3) is 0 Å². The van der Waals surface area contributed by atoms with Crippen LogP contribution in [0.3, 0.4) is 0 Å². The summed E-state index contributed by atoms with van der Waals surface area (Å²) in [6.45, 7) is 5.55. The average Bonchev–Trinajstić information content (AvgIpc) is 2.93. The van der Waals surface area contributed by atoms with Gasteiger partial charge >= 0.3 is 5.69 Å². The highest BCUT2D eigenvalue weighted by Crippen LogP contribution is 2.23. The van der Waals surface area contributed by atoms with E-state index >= 15 is 0 Å². The highest BCUT2D eigenvalue weighted by molar-refractivity contribution is 7.90. The zero-order valence-electron chi connectivity index (χ0n) is 15.1. The molecule has 0 unspecified atom stereocenters. The van der Waals surface area contributed by atoms with Crippen molar-refractivity contribution in [2.75, 3.05) is 6.54 Å². The summed E-state index contributed by atoms with van der Waals surface area (Å²) in [6, 6.07) is 13.2. The number of nitrogens with zero attached hydrogens (tertiary/aromatic N) is 1. The number of benzene rings is 2. The van der Waals surface area contributed by atoms with Gasteiger partial charge in [-0.1, -0.05) is 24.3 Å². The maximum absolute atomic E-state index is 12.5. The fourth-order valence-electron chi connectivity index (χ4n) is 2.99. The maximum Gasteiger partial charge on any atom is 0.331 e. The molecule has 0 fully saturated rings. The quantitative estimate of drug-likeness (QED) is 0.696. The fraction of sp³-hybridized carbons (Fsp3) is 0.316. The van der Waals surface area contributed by atoms with Crippen LogP contribution in [0.2, 0.25) is 0 Å². The van der Waals surface area contributed by atoms with Gasteiger partial charge < -0.3 is 4.98 Å². The summed E-state index contributed by atoms with van der Waals surface area (Å²) < 4.78 is 28.3. The number of aromatic nitrogens is 2. The summed E-state index contributed by atoms with van der Waals surface area (Å²) in [5.74, 6) is 0. The number of imidazole rings is 1. The van der Waals surface area contributed by atoms with Crippen LogP contribution in [0, 0.1) is 6.92 Å². The minimum Gasteiger partial charge on any atom is -0.305 e. The lowest BCUT2D eigenvalue weighted by molar-refractivity contribution is 0.572. The van der Waals surface area contributed by atoms with Crippen molar-refractivity contribution < 1.29 is 8.42 Å². The molecule has 0 amide bonds. The Morgan fingerprint density at radius 2 is 1.81 bits per heavy atom. The number of aryl methyl sites for hydroxylation is 1. The molecule has 6 nitrogen and oxygen atoms in total.